The number of aryl methyl sites for hydroxylation is 4. The Morgan fingerprint density at radius 3 is 2.79 bits per heavy atom. The number of anilines is 1. The molecule has 172 valence electrons. The van der Waals surface area contributed by atoms with Gasteiger partial charge in [0.2, 0.25) is 0 Å². The van der Waals surface area contributed by atoms with E-state index in [4.69, 9.17) is 4.74 Å². The normalized spacial score (nSPS) is 12.5. The largest absolute Gasteiger partial charge is 0.456 e. The molecule has 4 rings (SSSR count). The third kappa shape index (κ3) is 5.48. The van der Waals surface area contributed by atoms with Gasteiger partial charge in [0.25, 0.3) is 11.5 Å². The second-order valence-electron chi connectivity index (χ2n) is 8.40. The molecule has 33 heavy (non-hydrogen) atoms. The number of hydrogen-bond acceptors (Lipinski definition) is 5. The van der Waals surface area contributed by atoms with E-state index in [1.807, 2.05) is 42.5 Å². The molecule has 0 radical (unpaired) electrons. The van der Waals surface area contributed by atoms with Gasteiger partial charge >= 0.3 is 5.97 Å². The van der Waals surface area contributed by atoms with E-state index in [-0.39, 0.29) is 30.9 Å². The van der Waals surface area contributed by atoms with Crippen LogP contribution in [0, 0.1) is 0 Å². The second kappa shape index (κ2) is 10.4. The third-order valence-electron chi connectivity index (χ3n) is 5.97. The fourth-order valence-electron chi connectivity index (χ4n) is 4.23. The number of aromatic nitrogens is 2. The van der Waals surface area contributed by atoms with Crippen LogP contribution in [0.5, 0.6) is 0 Å². The van der Waals surface area contributed by atoms with Crippen LogP contribution in [0.2, 0.25) is 0 Å². The summed E-state index contributed by atoms with van der Waals surface area (Å²) >= 11 is 0. The van der Waals surface area contributed by atoms with Crippen LogP contribution in [0.1, 0.15) is 49.4 Å². The molecule has 1 heterocycles. The van der Waals surface area contributed by atoms with Crippen LogP contribution < -0.4 is 10.9 Å². The van der Waals surface area contributed by atoms with Gasteiger partial charge in [-0.1, -0.05) is 31.5 Å². The van der Waals surface area contributed by atoms with Crippen molar-refractivity contribution in [2.45, 2.75) is 58.4 Å². The van der Waals surface area contributed by atoms with Crippen molar-refractivity contribution in [2.24, 2.45) is 0 Å². The smallest absolute Gasteiger partial charge is 0.306 e. The van der Waals surface area contributed by atoms with E-state index in [0.29, 0.717) is 17.9 Å². The number of ether oxygens (including phenoxy) is 1. The number of fused-ring (bicyclic) bond motifs is 2. The van der Waals surface area contributed by atoms with Gasteiger partial charge in [0.1, 0.15) is 5.69 Å². The number of hydrogen-bond donors (Lipinski definition) is 1. The van der Waals surface area contributed by atoms with Crippen LogP contribution in [-0.2, 0) is 40.1 Å². The highest BCUT2D eigenvalue weighted by Gasteiger charge is 2.15. The molecule has 0 saturated carbocycles. The Balaban J connectivity index is 1.33. The molecular formula is C26H29N3O4. The minimum Gasteiger partial charge on any atom is -0.456 e. The minimum atomic E-state index is -0.534. The summed E-state index contributed by atoms with van der Waals surface area (Å²) < 4.78 is 6.86. The lowest BCUT2D eigenvalue weighted by Gasteiger charge is -2.12. The predicted molar refractivity (Wildman–Crippen MR) is 127 cm³/mol. The number of nitrogens with one attached hydrogen (secondary N) is 1. The fraction of sp³-hybridized carbons (Fsp3) is 0.385. The quantitative estimate of drug-likeness (QED) is 0.504. The maximum atomic E-state index is 12.9. The lowest BCUT2D eigenvalue weighted by Crippen LogP contribution is -2.27. The molecule has 1 N–H and O–H groups in total. The summed E-state index contributed by atoms with van der Waals surface area (Å²) in [7, 11) is 0. The summed E-state index contributed by atoms with van der Waals surface area (Å²) in [6.07, 6.45) is 5.25. The van der Waals surface area contributed by atoms with Gasteiger partial charge in [-0.25, -0.2) is 4.98 Å². The molecule has 0 spiro atoms. The van der Waals surface area contributed by atoms with E-state index in [1.165, 1.54) is 11.1 Å². The molecule has 1 amide bonds. The van der Waals surface area contributed by atoms with Crippen molar-refractivity contribution >= 4 is 28.6 Å². The van der Waals surface area contributed by atoms with Gasteiger partial charge in [-0.3, -0.25) is 14.4 Å². The maximum Gasteiger partial charge on any atom is 0.306 e. The summed E-state index contributed by atoms with van der Waals surface area (Å²) in [6.45, 7) is 2.33. The number of amides is 1. The second-order valence-corrected chi connectivity index (χ2v) is 8.40. The molecule has 0 unspecified atom stereocenters. The highest BCUT2D eigenvalue weighted by molar-refractivity contribution is 5.93. The molecule has 0 fully saturated rings. The lowest BCUT2D eigenvalue weighted by molar-refractivity contribution is -0.147. The zero-order valence-electron chi connectivity index (χ0n) is 18.9. The highest BCUT2D eigenvalue weighted by Crippen LogP contribution is 2.24. The van der Waals surface area contributed by atoms with Gasteiger partial charge in [-0.15, -0.1) is 0 Å². The van der Waals surface area contributed by atoms with Crippen LogP contribution in [0.3, 0.4) is 0 Å². The van der Waals surface area contributed by atoms with E-state index < -0.39 is 5.97 Å². The summed E-state index contributed by atoms with van der Waals surface area (Å²) in [5, 5.41) is 2.78. The first-order valence-corrected chi connectivity index (χ1v) is 11.6. The van der Waals surface area contributed by atoms with E-state index >= 15 is 0 Å². The SMILES string of the molecule is CCCCn1c(=O)c(CCC(=O)OCC(=O)Nc2ccc3c(c2)CCC3)nc2ccccc21. The van der Waals surface area contributed by atoms with Crippen LogP contribution in [-0.4, -0.2) is 28.0 Å². The molecular weight excluding hydrogens is 418 g/mol. The lowest BCUT2D eigenvalue weighted by atomic mass is 10.1. The van der Waals surface area contributed by atoms with E-state index in [1.54, 1.807) is 4.57 Å². The molecule has 1 aliphatic rings. The van der Waals surface area contributed by atoms with Gasteiger partial charge in [0.05, 0.1) is 17.5 Å². The molecule has 2 aromatic carbocycles. The number of carbonyl (C=O) groups is 2. The molecule has 0 aliphatic heterocycles. The van der Waals surface area contributed by atoms with Crippen molar-refractivity contribution in [3.63, 3.8) is 0 Å². The Kier molecular flexibility index (Phi) is 7.17. The number of para-hydroxylation sites is 2. The van der Waals surface area contributed by atoms with Gasteiger partial charge in [-0.05, 0) is 61.1 Å². The molecule has 3 aromatic rings. The third-order valence-corrected chi connectivity index (χ3v) is 5.97. The van der Waals surface area contributed by atoms with Crippen molar-refractivity contribution < 1.29 is 14.3 Å². The first-order valence-electron chi connectivity index (χ1n) is 11.6. The van der Waals surface area contributed by atoms with Gasteiger partial charge < -0.3 is 14.6 Å². The number of esters is 1. The van der Waals surface area contributed by atoms with Gasteiger partial charge in [0, 0.05) is 18.7 Å². The van der Waals surface area contributed by atoms with Gasteiger partial charge in [-0.2, -0.15) is 0 Å². The Morgan fingerprint density at radius 1 is 1.12 bits per heavy atom. The highest BCUT2D eigenvalue weighted by atomic mass is 16.5. The molecule has 0 bridgehead atoms. The summed E-state index contributed by atoms with van der Waals surface area (Å²) in [6, 6.07) is 13.4. The molecule has 1 aromatic heterocycles. The Bertz CT molecular complexity index is 1230. The Labute approximate surface area is 192 Å². The molecule has 0 saturated heterocycles. The zero-order chi connectivity index (χ0) is 23.2. The monoisotopic (exact) mass is 447 g/mol. The van der Waals surface area contributed by atoms with Crippen molar-refractivity contribution in [1.82, 2.24) is 9.55 Å². The first kappa shape index (κ1) is 22.7. The van der Waals surface area contributed by atoms with Gasteiger partial charge in [0.15, 0.2) is 6.61 Å². The number of rotatable bonds is 9. The van der Waals surface area contributed by atoms with Crippen molar-refractivity contribution in [3.05, 3.63) is 69.6 Å². The number of nitrogens with zero attached hydrogens (tertiary/aromatic N) is 2. The average Bonchev–Trinajstić information content (AvgIpc) is 3.29. The molecule has 7 nitrogen and oxygen atoms in total. The predicted octanol–water partition coefficient (Wildman–Crippen LogP) is 3.80. The van der Waals surface area contributed by atoms with E-state index in [2.05, 4.69) is 17.2 Å². The van der Waals surface area contributed by atoms with E-state index in [0.717, 1.165) is 43.1 Å². The summed E-state index contributed by atoms with van der Waals surface area (Å²) in [5.74, 6) is -0.916. The standard InChI is InChI=1S/C26H29N3O4/c1-2-3-15-29-23-10-5-4-9-21(23)28-22(26(29)32)13-14-25(31)33-17-24(30)27-20-12-11-18-7-6-8-19(18)16-20/h4-5,9-12,16H,2-3,6-8,13-15,17H2,1H3,(H,27,30). The van der Waals surface area contributed by atoms with Crippen LogP contribution in [0.4, 0.5) is 5.69 Å². The number of carbonyl (C=O) groups excluding carboxylic acids is 2. The topological polar surface area (TPSA) is 90.3 Å². The zero-order valence-corrected chi connectivity index (χ0v) is 18.9. The summed E-state index contributed by atoms with van der Waals surface area (Å²) in [5.41, 5.74) is 4.99. The Hall–Kier alpha value is -3.48. The average molecular weight is 448 g/mol. The van der Waals surface area contributed by atoms with E-state index in [9.17, 15) is 14.4 Å². The van der Waals surface area contributed by atoms with Crippen LogP contribution in [0.25, 0.3) is 11.0 Å². The number of unbranched alkanes of at least 4 members (excludes halogenated alkanes) is 1. The Morgan fingerprint density at radius 2 is 1.94 bits per heavy atom. The minimum absolute atomic E-state index is 0.0134. The number of benzene rings is 2. The maximum absolute atomic E-state index is 12.9. The van der Waals surface area contributed by atoms with Crippen molar-refractivity contribution in [3.8, 4) is 0 Å². The molecule has 1 aliphatic carbocycles. The fourth-order valence-corrected chi connectivity index (χ4v) is 4.23. The van der Waals surface area contributed by atoms with Crippen molar-refractivity contribution in [2.75, 3.05) is 11.9 Å². The molecule has 7 heteroatoms. The molecule has 0 atom stereocenters. The van der Waals surface area contributed by atoms with Crippen LogP contribution >= 0.6 is 0 Å². The summed E-state index contributed by atoms with van der Waals surface area (Å²) in [4.78, 5) is 41.8. The van der Waals surface area contributed by atoms with Crippen molar-refractivity contribution in [1.29, 1.82) is 0 Å². The van der Waals surface area contributed by atoms with Crippen LogP contribution in [0.15, 0.2) is 47.3 Å². The first-order chi connectivity index (χ1) is 16.0.